The van der Waals surface area contributed by atoms with Crippen LogP contribution in [0.5, 0.6) is 0 Å². The number of hydrogen-bond donors (Lipinski definition) is 2. The minimum atomic E-state index is -2.08. The van der Waals surface area contributed by atoms with Crippen molar-refractivity contribution >= 4 is 44.1 Å². The number of hydrogen-bond acceptors (Lipinski definition) is 3. The summed E-state index contributed by atoms with van der Waals surface area (Å²) in [4.78, 5) is 0.511. The fourth-order valence-corrected chi connectivity index (χ4v) is 2.76. The average molecular weight is 296 g/mol. The predicted octanol–water partition coefficient (Wildman–Crippen LogP) is 2.75. The van der Waals surface area contributed by atoms with Crippen LogP contribution >= 0.6 is 0 Å². The van der Waals surface area contributed by atoms with Crippen LogP contribution in [0.4, 0.5) is 0 Å². The van der Waals surface area contributed by atoms with Crippen LogP contribution in [0.3, 0.4) is 0 Å². The highest BCUT2D eigenvalue weighted by Gasteiger charge is 2.11. The lowest BCUT2D eigenvalue weighted by molar-refractivity contribution is 0.563. The molecule has 0 aliphatic carbocycles. The maximum absolute atomic E-state index is 11.1. The van der Waals surface area contributed by atoms with Crippen LogP contribution < -0.4 is 0 Å². The van der Waals surface area contributed by atoms with Crippen LogP contribution in [0.2, 0.25) is 0 Å². The van der Waals surface area contributed by atoms with Gasteiger partial charge in [0.25, 0.3) is 0 Å². The first-order valence-electron chi connectivity index (χ1n) is 5.24. The predicted molar refractivity (Wildman–Crippen MR) is 71.8 cm³/mol. The van der Waals surface area contributed by atoms with Gasteiger partial charge in [0, 0.05) is 10.8 Å². The van der Waals surface area contributed by atoms with Gasteiger partial charge in [0.05, 0.1) is 9.79 Å². The molecule has 1 heterocycles. The second-order valence-electron chi connectivity index (χ2n) is 3.92. The molecule has 98 valence electrons. The first kappa shape index (κ1) is 12.5. The molecular weight excluding hydrogens is 288 g/mol. The summed E-state index contributed by atoms with van der Waals surface area (Å²) in [7, 11) is 0. The van der Waals surface area contributed by atoms with Crippen LogP contribution in [0.25, 0.3) is 21.9 Å². The van der Waals surface area contributed by atoms with Gasteiger partial charge in [-0.2, -0.15) is 0 Å². The van der Waals surface area contributed by atoms with Crippen molar-refractivity contribution in [2.24, 2.45) is 0 Å². The third-order valence-corrected chi connectivity index (χ3v) is 4.13. The van der Waals surface area contributed by atoms with Crippen molar-refractivity contribution in [3.05, 3.63) is 36.4 Å². The Kier molecular flexibility index (Phi) is 2.98. The monoisotopic (exact) mass is 296 g/mol. The second-order valence-corrected chi connectivity index (χ2v) is 5.86. The molecule has 0 radical (unpaired) electrons. The number of benzene rings is 2. The Morgan fingerprint density at radius 2 is 1.21 bits per heavy atom. The SMILES string of the molecule is O=S(O)c1ccc2oc3ccc(S(=O)O)cc3c2c1. The van der Waals surface area contributed by atoms with Gasteiger partial charge in [-0.1, -0.05) is 0 Å². The molecule has 3 rings (SSSR count). The molecule has 19 heavy (non-hydrogen) atoms. The minimum absolute atomic E-state index is 0.255. The Morgan fingerprint density at radius 1 is 0.789 bits per heavy atom. The molecule has 2 N–H and O–H groups in total. The van der Waals surface area contributed by atoms with Crippen molar-refractivity contribution in [3.63, 3.8) is 0 Å². The van der Waals surface area contributed by atoms with Crippen LogP contribution in [-0.2, 0) is 22.2 Å². The molecule has 2 atom stereocenters. The van der Waals surface area contributed by atoms with Gasteiger partial charge in [0.1, 0.15) is 11.2 Å². The molecular formula is C12H8O5S2. The minimum Gasteiger partial charge on any atom is -0.456 e. The molecule has 2 unspecified atom stereocenters. The Hall–Kier alpha value is -1.54. The summed E-state index contributed by atoms with van der Waals surface area (Å²) < 4.78 is 45.9. The molecule has 0 fully saturated rings. The normalized spacial score (nSPS) is 14.8. The van der Waals surface area contributed by atoms with E-state index in [-0.39, 0.29) is 9.79 Å². The topological polar surface area (TPSA) is 87.7 Å². The van der Waals surface area contributed by atoms with Gasteiger partial charge >= 0.3 is 0 Å². The van der Waals surface area contributed by atoms with E-state index in [4.69, 9.17) is 13.5 Å². The summed E-state index contributed by atoms with van der Waals surface area (Å²) in [6, 6.07) is 9.31. The summed E-state index contributed by atoms with van der Waals surface area (Å²) >= 11 is -4.15. The molecule has 1 aromatic heterocycles. The molecule has 5 nitrogen and oxygen atoms in total. The standard InChI is InChI=1S/C12H8O5S2/c13-18(14)7-1-3-11-9(5-7)10-6-8(19(15)16)2-4-12(10)17-11/h1-6H,(H,13,14)(H,15,16). The van der Waals surface area contributed by atoms with Crippen molar-refractivity contribution in [2.75, 3.05) is 0 Å². The van der Waals surface area contributed by atoms with E-state index in [1.165, 1.54) is 12.1 Å². The van der Waals surface area contributed by atoms with Gasteiger partial charge in [0.2, 0.25) is 0 Å². The molecule has 3 aromatic rings. The lowest BCUT2D eigenvalue weighted by Gasteiger charge is -1.96. The van der Waals surface area contributed by atoms with Crippen molar-refractivity contribution in [2.45, 2.75) is 9.79 Å². The highest BCUT2D eigenvalue weighted by atomic mass is 32.2. The van der Waals surface area contributed by atoms with Crippen LogP contribution in [-0.4, -0.2) is 17.5 Å². The number of fused-ring (bicyclic) bond motifs is 3. The Morgan fingerprint density at radius 3 is 1.58 bits per heavy atom. The summed E-state index contributed by atoms with van der Waals surface area (Å²) in [6.45, 7) is 0. The second kappa shape index (κ2) is 4.53. The fourth-order valence-electron chi connectivity index (χ4n) is 1.95. The van der Waals surface area contributed by atoms with Crippen molar-refractivity contribution < 1.29 is 21.9 Å². The van der Waals surface area contributed by atoms with Gasteiger partial charge in [0.15, 0.2) is 22.2 Å². The fraction of sp³-hybridized carbons (Fsp3) is 0. The molecule has 0 spiro atoms. The van der Waals surface area contributed by atoms with Crippen LogP contribution in [0.15, 0.2) is 50.6 Å². The van der Waals surface area contributed by atoms with Crippen LogP contribution in [0.1, 0.15) is 0 Å². The van der Waals surface area contributed by atoms with Gasteiger partial charge < -0.3 is 13.5 Å². The van der Waals surface area contributed by atoms with E-state index in [9.17, 15) is 8.42 Å². The lowest BCUT2D eigenvalue weighted by atomic mass is 10.1. The zero-order valence-corrected chi connectivity index (χ0v) is 11.0. The van der Waals surface area contributed by atoms with E-state index in [2.05, 4.69) is 0 Å². The van der Waals surface area contributed by atoms with E-state index in [1.807, 2.05) is 0 Å². The van der Waals surface area contributed by atoms with Gasteiger partial charge in [-0.05, 0) is 36.4 Å². The number of rotatable bonds is 2. The van der Waals surface area contributed by atoms with Crippen molar-refractivity contribution in [1.82, 2.24) is 0 Å². The summed E-state index contributed by atoms with van der Waals surface area (Å²) in [5.74, 6) is 0. The Balaban J connectivity index is 2.37. The van der Waals surface area contributed by atoms with E-state index in [0.29, 0.717) is 21.9 Å². The Bertz CT molecular complexity index is 768. The highest BCUT2D eigenvalue weighted by molar-refractivity contribution is 7.79. The molecule has 7 heteroatoms. The van der Waals surface area contributed by atoms with E-state index in [1.54, 1.807) is 24.3 Å². The van der Waals surface area contributed by atoms with Crippen molar-refractivity contribution in [3.8, 4) is 0 Å². The molecule has 0 aliphatic rings. The first-order chi connectivity index (χ1) is 9.06. The largest absolute Gasteiger partial charge is 0.456 e. The van der Waals surface area contributed by atoms with Crippen LogP contribution in [0, 0.1) is 0 Å². The third-order valence-electron chi connectivity index (χ3n) is 2.82. The summed E-state index contributed by atoms with van der Waals surface area (Å²) in [5, 5.41) is 1.28. The zero-order chi connectivity index (χ0) is 13.6. The lowest BCUT2D eigenvalue weighted by Crippen LogP contribution is -1.87. The zero-order valence-electron chi connectivity index (χ0n) is 9.40. The van der Waals surface area contributed by atoms with E-state index >= 15 is 0 Å². The maximum Gasteiger partial charge on any atom is 0.186 e. The maximum atomic E-state index is 11.1. The average Bonchev–Trinajstić information content (AvgIpc) is 2.75. The molecule has 0 bridgehead atoms. The quantitative estimate of drug-likeness (QED) is 0.710. The van der Waals surface area contributed by atoms with Gasteiger partial charge in [-0.25, -0.2) is 8.42 Å². The van der Waals surface area contributed by atoms with Gasteiger partial charge in [-0.3, -0.25) is 0 Å². The molecule has 0 amide bonds. The van der Waals surface area contributed by atoms with E-state index < -0.39 is 22.2 Å². The summed E-state index contributed by atoms with van der Waals surface area (Å²) in [5.41, 5.74) is 1.12. The highest BCUT2D eigenvalue weighted by Crippen LogP contribution is 2.31. The van der Waals surface area contributed by atoms with E-state index in [0.717, 1.165) is 0 Å². The van der Waals surface area contributed by atoms with Gasteiger partial charge in [-0.15, -0.1) is 0 Å². The third kappa shape index (κ3) is 2.10. The number of furan rings is 1. The summed E-state index contributed by atoms with van der Waals surface area (Å²) in [6.07, 6.45) is 0. The molecule has 0 saturated heterocycles. The Labute approximate surface area is 112 Å². The first-order valence-corrected chi connectivity index (χ1v) is 7.45. The molecule has 0 saturated carbocycles. The smallest absolute Gasteiger partial charge is 0.186 e. The molecule has 0 aliphatic heterocycles. The molecule has 2 aromatic carbocycles. The van der Waals surface area contributed by atoms with Crippen molar-refractivity contribution in [1.29, 1.82) is 0 Å².